The van der Waals surface area contributed by atoms with E-state index in [0.29, 0.717) is 28.3 Å². The lowest BCUT2D eigenvalue weighted by Crippen LogP contribution is -1.95. The minimum atomic E-state index is 0.373. The number of furan rings is 1. The van der Waals surface area contributed by atoms with Crippen LogP contribution in [0.15, 0.2) is 34.7 Å². The Bertz CT molecular complexity index is 696. The van der Waals surface area contributed by atoms with E-state index < -0.39 is 0 Å². The van der Waals surface area contributed by atoms with Crippen LogP contribution >= 0.6 is 23.2 Å². The molecule has 3 rings (SSSR count). The first-order chi connectivity index (χ1) is 9.19. The quantitative estimate of drug-likeness (QED) is 0.639. The fourth-order valence-corrected chi connectivity index (χ4v) is 2.58. The van der Waals surface area contributed by atoms with Crippen molar-refractivity contribution in [2.24, 2.45) is 0 Å². The van der Waals surface area contributed by atoms with Crippen LogP contribution < -0.4 is 0 Å². The Morgan fingerprint density at radius 1 is 1.11 bits per heavy atom. The molecule has 0 bridgehead atoms. The minimum absolute atomic E-state index is 0.373. The van der Waals surface area contributed by atoms with Gasteiger partial charge in [0.25, 0.3) is 0 Å². The number of hydrogen-bond donors (Lipinski definition) is 0. The first kappa shape index (κ1) is 12.5. The number of hydrogen-bond acceptors (Lipinski definition) is 3. The van der Waals surface area contributed by atoms with E-state index in [1.165, 1.54) is 0 Å². The SMILES string of the molecule is CCc1c(Cl)nc(-c2cc3ccccc3o2)nc1Cl. The monoisotopic (exact) mass is 292 g/mol. The van der Waals surface area contributed by atoms with E-state index in [-0.39, 0.29) is 0 Å². The van der Waals surface area contributed by atoms with Gasteiger partial charge in [-0.25, -0.2) is 9.97 Å². The normalized spacial score (nSPS) is 11.1. The average molecular weight is 293 g/mol. The van der Waals surface area contributed by atoms with E-state index in [9.17, 15) is 0 Å². The molecule has 96 valence electrons. The summed E-state index contributed by atoms with van der Waals surface area (Å²) in [6.07, 6.45) is 0.693. The molecule has 0 spiro atoms. The largest absolute Gasteiger partial charge is 0.453 e. The van der Waals surface area contributed by atoms with E-state index >= 15 is 0 Å². The van der Waals surface area contributed by atoms with Gasteiger partial charge in [-0.15, -0.1) is 0 Å². The minimum Gasteiger partial charge on any atom is -0.453 e. The van der Waals surface area contributed by atoms with Crippen molar-refractivity contribution in [1.29, 1.82) is 0 Å². The molecule has 0 aliphatic rings. The van der Waals surface area contributed by atoms with Crippen molar-refractivity contribution in [3.63, 3.8) is 0 Å². The van der Waals surface area contributed by atoms with Gasteiger partial charge in [-0.05, 0) is 18.6 Å². The Labute approximate surface area is 120 Å². The van der Waals surface area contributed by atoms with Crippen molar-refractivity contribution >= 4 is 34.2 Å². The molecule has 0 unspecified atom stereocenters. The maximum Gasteiger partial charge on any atom is 0.198 e. The second-order valence-corrected chi connectivity index (χ2v) is 4.83. The molecule has 2 heterocycles. The first-order valence-electron chi connectivity index (χ1n) is 5.90. The fourth-order valence-electron chi connectivity index (χ4n) is 1.93. The highest BCUT2D eigenvalue weighted by Crippen LogP contribution is 2.29. The lowest BCUT2D eigenvalue weighted by Gasteiger charge is -2.04. The number of benzene rings is 1. The van der Waals surface area contributed by atoms with Crippen molar-refractivity contribution in [3.8, 4) is 11.6 Å². The van der Waals surface area contributed by atoms with Crippen LogP contribution in [0.5, 0.6) is 0 Å². The second-order valence-electron chi connectivity index (χ2n) is 4.11. The highest BCUT2D eigenvalue weighted by Gasteiger charge is 2.14. The number of aromatic nitrogens is 2. The van der Waals surface area contributed by atoms with E-state index in [1.54, 1.807) is 0 Å². The average Bonchev–Trinajstić information content (AvgIpc) is 2.82. The molecule has 1 aromatic carbocycles. The van der Waals surface area contributed by atoms with E-state index in [0.717, 1.165) is 16.5 Å². The maximum atomic E-state index is 6.11. The van der Waals surface area contributed by atoms with Gasteiger partial charge >= 0.3 is 0 Å². The molecule has 0 amide bonds. The molecule has 5 heteroatoms. The second kappa shape index (κ2) is 4.83. The van der Waals surface area contributed by atoms with Gasteiger partial charge in [-0.3, -0.25) is 0 Å². The number of nitrogens with zero attached hydrogens (tertiary/aromatic N) is 2. The van der Waals surface area contributed by atoms with Gasteiger partial charge in [-0.2, -0.15) is 0 Å². The predicted molar refractivity (Wildman–Crippen MR) is 76.6 cm³/mol. The molecule has 3 nitrogen and oxygen atoms in total. The zero-order valence-corrected chi connectivity index (χ0v) is 11.7. The zero-order valence-electron chi connectivity index (χ0n) is 10.2. The van der Waals surface area contributed by atoms with Crippen molar-refractivity contribution in [1.82, 2.24) is 9.97 Å². The number of halogens is 2. The number of rotatable bonds is 2. The summed E-state index contributed by atoms with van der Waals surface area (Å²) >= 11 is 12.2. The Morgan fingerprint density at radius 3 is 2.42 bits per heavy atom. The van der Waals surface area contributed by atoms with E-state index in [4.69, 9.17) is 27.6 Å². The third-order valence-corrected chi connectivity index (χ3v) is 3.53. The molecule has 0 saturated carbocycles. The van der Waals surface area contributed by atoms with Crippen LogP contribution in [0.25, 0.3) is 22.6 Å². The van der Waals surface area contributed by atoms with Crippen LogP contribution in [0.2, 0.25) is 10.3 Å². The lowest BCUT2D eigenvalue weighted by molar-refractivity contribution is 0.625. The third kappa shape index (κ3) is 2.20. The van der Waals surface area contributed by atoms with Gasteiger partial charge in [0.2, 0.25) is 0 Å². The molecular formula is C14H10Cl2N2O. The van der Waals surface area contributed by atoms with Gasteiger partial charge in [0.05, 0.1) is 0 Å². The Hall–Kier alpha value is -1.58. The molecule has 0 saturated heterocycles. The molecule has 0 N–H and O–H groups in total. The molecule has 3 aromatic rings. The molecule has 0 aliphatic heterocycles. The van der Waals surface area contributed by atoms with Crippen LogP contribution in [-0.4, -0.2) is 9.97 Å². The first-order valence-corrected chi connectivity index (χ1v) is 6.65. The van der Waals surface area contributed by atoms with Crippen LogP contribution in [0.1, 0.15) is 12.5 Å². The Morgan fingerprint density at radius 2 is 1.79 bits per heavy atom. The van der Waals surface area contributed by atoms with E-state index in [1.807, 2.05) is 37.3 Å². The standard InChI is InChI=1S/C14H10Cl2N2O/c1-2-9-12(15)17-14(18-13(9)16)11-7-8-5-3-4-6-10(8)19-11/h3-7H,2H2,1H3. The molecule has 0 fully saturated rings. The number of fused-ring (bicyclic) bond motifs is 1. The van der Waals surface area contributed by atoms with Gasteiger partial charge in [-0.1, -0.05) is 48.3 Å². The van der Waals surface area contributed by atoms with Crippen molar-refractivity contribution in [2.75, 3.05) is 0 Å². The molecule has 2 aromatic heterocycles. The molecule has 0 radical (unpaired) electrons. The van der Waals surface area contributed by atoms with Crippen LogP contribution in [0.3, 0.4) is 0 Å². The lowest BCUT2D eigenvalue weighted by atomic mass is 10.2. The zero-order chi connectivity index (χ0) is 13.4. The van der Waals surface area contributed by atoms with Crippen molar-refractivity contribution in [2.45, 2.75) is 13.3 Å². The van der Waals surface area contributed by atoms with Gasteiger partial charge < -0.3 is 4.42 Å². The molecule has 0 atom stereocenters. The van der Waals surface area contributed by atoms with Crippen LogP contribution in [-0.2, 0) is 6.42 Å². The summed E-state index contributed by atoms with van der Waals surface area (Å²) < 4.78 is 5.70. The number of para-hydroxylation sites is 1. The van der Waals surface area contributed by atoms with E-state index in [2.05, 4.69) is 9.97 Å². The summed E-state index contributed by atoms with van der Waals surface area (Å²) in [5, 5.41) is 1.74. The predicted octanol–water partition coefficient (Wildman–Crippen LogP) is 4.76. The van der Waals surface area contributed by atoms with Gasteiger partial charge in [0.1, 0.15) is 15.9 Å². The summed E-state index contributed by atoms with van der Waals surface area (Å²) in [5.74, 6) is 0.969. The highest BCUT2D eigenvalue weighted by atomic mass is 35.5. The fraction of sp³-hybridized carbons (Fsp3) is 0.143. The summed E-state index contributed by atoms with van der Waals surface area (Å²) in [4.78, 5) is 8.49. The summed E-state index contributed by atoms with van der Waals surface area (Å²) in [7, 11) is 0. The molecule has 0 aliphatic carbocycles. The van der Waals surface area contributed by atoms with Crippen LogP contribution in [0, 0.1) is 0 Å². The summed E-state index contributed by atoms with van der Waals surface area (Å²) in [6, 6.07) is 9.59. The third-order valence-electron chi connectivity index (χ3n) is 2.91. The van der Waals surface area contributed by atoms with Crippen LogP contribution in [0.4, 0.5) is 0 Å². The van der Waals surface area contributed by atoms with Gasteiger partial charge in [0, 0.05) is 10.9 Å². The Kier molecular flexibility index (Phi) is 3.17. The van der Waals surface area contributed by atoms with Crippen molar-refractivity contribution in [3.05, 3.63) is 46.2 Å². The topological polar surface area (TPSA) is 38.9 Å². The maximum absolute atomic E-state index is 6.11. The highest BCUT2D eigenvalue weighted by molar-refractivity contribution is 6.34. The summed E-state index contributed by atoms with van der Waals surface area (Å²) in [6.45, 7) is 1.96. The molecule has 19 heavy (non-hydrogen) atoms. The Balaban J connectivity index is 2.16. The van der Waals surface area contributed by atoms with Gasteiger partial charge in [0.15, 0.2) is 11.6 Å². The van der Waals surface area contributed by atoms with Crippen molar-refractivity contribution < 1.29 is 4.42 Å². The smallest absolute Gasteiger partial charge is 0.198 e. The summed E-state index contributed by atoms with van der Waals surface area (Å²) in [5.41, 5.74) is 1.54. The molecular weight excluding hydrogens is 283 g/mol.